The van der Waals surface area contributed by atoms with Crippen LogP contribution in [0.5, 0.6) is 0 Å². The van der Waals surface area contributed by atoms with Gasteiger partial charge in [0.2, 0.25) is 0 Å². The number of nitrogens with two attached hydrogens (primary N) is 2. The van der Waals surface area contributed by atoms with Crippen LogP contribution < -0.4 is 11.5 Å². The molecule has 12 heteroatoms. The third-order valence-electron chi connectivity index (χ3n) is 7.14. The number of ether oxygens (including phenoxy) is 3. The first kappa shape index (κ1) is 35.8. The number of carboxylic acid groups (broad SMARTS) is 1. The van der Waals surface area contributed by atoms with Crippen LogP contribution in [0.1, 0.15) is 58.4 Å². The Morgan fingerprint density at radius 2 is 1.28 bits per heavy atom. The summed E-state index contributed by atoms with van der Waals surface area (Å²) in [5.41, 5.74) is 14.3. The molecular weight excluding hydrogens is 592 g/mol. The Bertz CT molecular complexity index is 1740. The van der Waals surface area contributed by atoms with Crippen LogP contribution in [0.4, 0.5) is 9.59 Å². The zero-order chi connectivity index (χ0) is 34.6. The van der Waals surface area contributed by atoms with Gasteiger partial charge in [0.1, 0.15) is 17.7 Å². The Labute approximate surface area is 268 Å². The van der Waals surface area contributed by atoms with Gasteiger partial charge in [0.15, 0.2) is 0 Å². The molecule has 0 fully saturated rings. The smallest absolute Gasteiger partial charge is 0.419 e. The van der Waals surface area contributed by atoms with Gasteiger partial charge in [-0.05, 0) is 44.0 Å². The maximum absolute atomic E-state index is 12.4. The number of hydrogen-bond donors (Lipinski definition) is 3. The Hall–Kier alpha value is -4.68. The summed E-state index contributed by atoms with van der Waals surface area (Å²) in [6.45, 7) is 11.2. The largest absolute Gasteiger partial charge is 0.468 e. The molecule has 12 nitrogen and oxygen atoms in total. The van der Waals surface area contributed by atoms with Crippen LogP contribution in [0.2, 0.25) is 0 Å². The average Bonchev–Trinajstić information content (AvgIpc) is 3.52. The lowest BCUT2D eigenvalue weighted by molar-refractivity contribution is -0.142. The van der Waals surface area contributed by atoms with Crippen LogP contribution in [-0.2, 0) is 42.1 Å². The number of esters is 2. The predicted octanol–water partition coefficient (Wildman–Crippen LogP) is 4.98. The minimum atomic E-state index is -1.05. The fraction of sp³-hybridized carbons (Fsp3) is 0.412. The maximum Gasteiger partial charge on any atom is 0.419 e. The third-order valence-corrected chi connectivity index (χ3v) is 7.14. The molecule has 0 spiro atoms. The molecule has 0 radical (unpaired) electrons. The Morgan fingerprint density at radius 1 is 0.783 bits per heavy atom. The van der Waals surface area contributed by atoms with Gasteiger partial charge in [-0.2, -0.15) is 0 Å². The van der Waals surface area contributed by atoms with Crippen molar-refractivity contribution in [2.45, 2.75) is 77.5 Å². The number of carbonyl (C=O) groups excluding carboxylic acids is 3. The van der Waals surface area contributed by atoms with Gasteiger partial charge < -0.3 is 30.8 Å². The molecule has 0 aliphatic rings. The molecule has 5 N–H and O–H groups in total. The SMILES string of the molecule is COC(=O)[C@H](N)Cc1c(C(C)(C)C)n(C(=O)O)c2ccccc12.COC(=O)[C@H](N)Cc1cn(C(=O)OC(C)(C)C)c2ccccc12. The molecule has 4 rings (SSSR count). The van der Waals surface area contributed by atoms with E-state index in [9.17, 15) is 24.3 Å². The molecule has 2 atom stereocenters. The van der Waals surface area contributed by atoms with Gasteiger partial charge >= 0.3 is 24.1 Å². The van der Waals surface area contributed by atoms with E-state index in [0.29, 0.717) is 16.7 Å². The topological polar surface area (TPSA) is 178 Å². The molecule has 2 aromatic heterocycles. The second-order valence-corrected chi connectivity index (χ2v) is 12.9. The molecule has 2 aromatic carbocycles. The summed E-state index contributed by atoms with van der Waals surface area (Å²) in [5.74, 6) is -1.00. The van der Waals surface area contributed by atoms with Crippen molar-refractivity contribution in [2.75, 3.05) is 14.2 Å². The maximum atomic E-state index is 12.4. The highest BCUT2D eigenvalue weighted by Gasteiger charge is 2.31. The van der Waals surface area contributed by atoms with Crippen LogP contribution in [-0.4, -0.2) is 70.3 Å². The fourth-order valence-electron chi connectivity index (χ4n) is 5.30. The van der Waals surface area contributed by atoms with E-state index in [1.807, 2.05) is 77.9 Å². The van der Waals surface area contributed by atoms with Crippen molar-refractivity contribution in [3.05, 3.63) is 71.5 Å². The van der Waals surface area contributed by atoms with Gasteiger partial charge in [-0.25, -0.2) is 14.2 Å². The first-order chi connectivity index (χ1) is 21.4. The summed E-state index contributed by atoms with van der Waals surface area (Å²) in [6.07, 6.45) is 0.653. The Balaban J connectivity index is 0.000000250. The first-order valence-electron chi connectivity index (χ1n) is 14.8. The van der Waals surface area contributed by atoms with Gasteiger partial charge in [0.05, 0.1) is 25.3 Å². The van der Waals surface area contributed by atoms with Crippen LogP contribution in [0.3, 0.4) is 0 Å². The minimum Gasteiger partial charge on any atom is -0.468 e. The molecule has 0 aliphatic heterocycles. The van der Waals surface area contributed by atoms with Gasteiger partial charge in [0, 0.05) is 40.9 Å². The zero-order valence-corrected chi connectivity index (χ0v) is 27.6. The highest BCUT2D eigenvalue weighted by Crippen LogP contribution is 2.35. The lowest BCUT2D eigenvalue weighted by atomic mass is 9.86. The number of nitrogens with zero attached hydrogens (tertiary/aromatic N) is 2. The van der Waals surface area contributed by atoms with Crippen molar-refractivity contribution in [3.8, 4) is 0 Å². The van der Waals surface area contributed by atoms with Gasteiger partial charge in [-0.15, -0.1) is 0 Å². The van der Waals surface area contributed by atoms with Crippen molar-refractivity contribution in [1.82, 2.24) is 9.13 Å². The molecule has 0 saturated heterocycles. The van der Waals surface area contributed by atoms with E-state index in [0.717, 1.165) is 21.9 Å². The summed E-state index contributed by atoms with van der Waals surface area (Å²) < 4.78 is 17.5. The molecule has 0 saturated carbocycles. The normalized spacial score (nSPS) is 13.0. The zero-order valence-electron chi connectivity index (χ0n) is 27.6. The summed E-state index contributed by atoms with van der Waals surface area (Å²) in [5, 5.41) is 11.3. The number of aromatic nitrogens is 2. The van der Waals surface area contributed by atoms with E-state index in [4.69, 9.17) is 16.2 Å². The number of rotatable bonds is 6. The van der Waals surface area contributed by atoms with Gasteiger partial charge in [-0.3, -0.25) is 14.2 Å². The second kappa shape index (κ2) is 14.2. The van der Waals surface area contributed by atoms with E-state index in [-0.39, 0.29) is 12.8 Å². The van der Waals surface area contributed by atoms with E-state index in [1.165, 1.54) is 23.4 Å². The van der Waals surface area contributed by atoms with Crippen LogP contribution in [0, 0.1) is 0 Å². The molecule has 0 amide bonds. The monoisotopic (exact) mass is 636 g/mol. The highest BCUT2D eigenvalue weighted by atomic mass is 16.6. The Morgan fingerprint density at radius 3 is 1.78 bits per heavy atom. The lowest BCUT2D eigenvalue weighted by Crippen LogP contribution is -2.34. The minimum absolute atomic E-state index is 0.222. The average molecular weight is 637 g/mol. The van der Waals surface area contributed by atoms with Crippen molar-refractivity contribution in [2.24, 2.45) is 11.5 Å². The molecule has 248 valence electrons. The lowest BCUT2D eigenvalue weighted by Gasteiger charge is -2.23. The Kier molecular flexibility index (Phi) is 11.0. The number of hydrogen-bond acceptors (Lipinski definition) is 9. The number of methoxy groups -OCH3 is 2. The van der Waals surface area contributed by atoms with Crippen LogP contribution in [0.25, 0.3) is 21.8 Å². The highest BCUT2D eigenvalue weighted by molar-refractivity contribution is 5.94. The van der Waals surface area contributed by atoms with E-state index < -0.39 is 47.2 Å². The molecule has 2 heterocycles. The second-order valence-electron chi connectivity index (χ2n) is 12.9. The van der Waals surface area contributed by atoms with Gasteiger partial charge in [0.25, 0.3) is 0 Å². The van der Waals surface area contributed by atoms with E-state index in [1.54, 1.807) is 18.3 Å². The van der Waals surface area contributed by atoms with Crippen LogP contribution in [0.15, 0.2) is 54.7 Å². The predicted molar refractivity (Wildman–Crippen MR) is 175 cm³/mol. The van der Waals surface area contributed by atoms with Crippen molar-refractivity contribution in [1.29, 1.82) is 0 Å². The molecule has 0 unspecified atom stereocenters. The standard InChI is InChI=1S/2C17H22N2O4/c1-17(2,3)23-16(21)19-10-11(9-13(18)15(20)22-4)12-7-5-6-8-14(12)19;1-17(2,3)14-11(9-12(18)15(20)23-4)10-7-5-6-8-13(10)19(14)16(21)22/h5-8,10,13H,9,18H2,1-4H3;5-8,12H,9,18H2,1-4H3,(H,21,22)/t13-;12-/m11/s1. The van der Waals surface area contributed by atoms with Crippen LogP contribution >= 0.6 is 0 Å². The fourth-order valence-corrected chi connectivity index (χ4v) is 5.30. The molecule has 46 heavy (non-hydrogen) atoms. The molecule has 0 bridgehead atoms. The first-order valence-corrected chi connectivity index (χ1v) is 14.8. The summed E-state index contributed by atoms with van der Waals surface area (Å²) in [4.78, 5) is 47.4. The molecule has 4 aromatic rings. The van der Waals surface area contributed by atoms with Crippen molar-refractivity contribution in [3.63, 3.8) is 0 Å². The van der Waals surface area contributed by atoms with Crippen molar-refractivity contribution < 1.29 is 38.5 Å². The van der Waals surface area contributed by atoms with E-state index in [2.05, 4.69) is 9.47 Å². The number of fused-ring (bicyclic) bond motifs is 2. The molecular formula is C34H44N4O8. The number of benzene rings is 2. The number of carbonyl (C=O) groups is 4. The quantitative estimate of drug-likeness (QED) is 0.193. The van der Waals surface area contributed by atoms with Crippen molar-refractivity contribution >= 4 is 45.9 Å². The molecule has 0 aliphatic carbocycles. The van der Waals surface area contributed by atoms with Gasteiger partial charge in [-0.1, -0.05) is 57.2 Å². The van der Waals surface area contributed by atoms with E-state index >= 15 is 0 Å². The summed E-state index contributed by atoms with van der Waals surface area (Å²) >= 11 is 0. The number of para-hydroxylation sites is 2. The third kappa shape index (κ3) is 8.12. The summed E-state index contributed by atoms with van der Waals surface area (Å²) in [6, 6.07) is 13.0. The summed E-state index contributed by atoms with van der Waals surface area (Å²) in [7, 11) is 2.58.